The number of carbonyl (C=O) groups excluding carboxylic acids is 1. The van der Waals surface area contributed by atoms with Gasteiger partial charge in [0.2, 0.25) is 0 Å². The molecule has 0 unspecified atom stereocenters. The highest BCUT2D eigenvalue weighted by molar-refractivity contribution is 5.80. The lowest BCUT2D eigenvalue weighted by molar-refractivity contribution is -0.301. The Labute approximate surface area is 202 Å². The van der Waals surface area contributed by atoms with E-state index in [-0.39, 0.29) is 28.8 Å². The number of aliphatic hydroxyl groups is 4. The fraction of sp³-hybridized carbons (Fsp3) is 0.885. The van der Waals surface area contributed by atoms with Gasteiger partial charge in [0.25, 0.3) is 0 Å². The van der Waals surface area contributed by atoms with Crippen LogP contribution in [0.1, 0.15) is 65.7 Å². The van der Waals surface area contributed by atoms with E-state index in [1.165, 1.54) is 5.57 Å². The second kappa shape index (κ2) is 9.79. The largest absolute Gasteiger partial charge is 0.461 e. The standard InChI is InChI=1S/C26H42O8/c1-14(8-11-32-23-21(30)20(29)19(28)18(13-27)33-23)6-7-16-15(2)12-17-22-25(16,3)9-5-10-26(22,4)24(31)34-17/h14,16-23,27-30H,2,5-13H2,1,3-4H3/t14-,16-,17-,18+,19+,20-,21+,22+,23+,25+,26-/m0/s1. The van der Waals surface area contributed by atoms with Crippen LogP contribution in [0.2, 0.25) is 0 Å². The lowest BCUT2D eigenvalue weighted by Crippen LogP contribution is -2.59. The van der Waals surface area contributed by atoms with Gasteiger partial charge >= 0.3 is 5.97 Å². The van der Waals surface area contributed by atoms with Crippen molar-refractivity contribution in [1.82, 2.24) is 0 Å². The van der Waals surface area contributed by atoms with E-state index in [0.29, 0.717) is 18.4 Å². The minimum atomic E-state index is -1.43. The number of hydrogen-bond acceptors (Lipinski definition) is 8. The Morgan fingerprint density at radius 2 is 1.88 bits per heavy atom. The molecule has 4 aliphatic rings. The Morgan fingerprint density at radius 3 is 2.59 bits per heavy atom. The predicted octanol–water partition coefficient (Wildman–Crippen LogP) is 1.92. The summed E-state index contributed by atoms with van der Waals surface area (Å²) in [6, 6.07) is 0. The van der Waals surface area contributed by atoms with Crippen molar-refractivity contribution in [2.75, 3.05) is 13.2 Å². The summed E-state index contributed by atoms with van der Waals surface area (Å²) < 4.78 is 16.9. The number of aliphatic hydroxyl groups excluding tert-OH is 4. The lowest BCUT2D eigenvalue weighted by atomic mass is 9.47. The summed E-state index contributed by atoms with van der Waals surface area (Å²) in [6.45, 7) is 10.9. The molecule has 8 heteroatoms. The molecule has 2 saturated carbocycles. The van der Waals surface area contributed by atoms with Crippen molar-refractivity contribution in [3.05, 3.63) is 12.2 Å². The quantitative estimate of drug-likeness (QED) is 0.305. The minimum absolute atomic E-state index is 0.0196. The topological polar surface area (TPSA) is 126 Å². The van der Waals surface area contributed by atoms with Crippen LogP contribution in [0.3, 0.4) is 0 Å². The summed E-state index contributed by atoms with van der Waals surface area (Å²) in [7, 11) is 0. The molecule has 0 spiro atoms. The zero-order chi connectivity index (χ0) is 24.8. The summed E-state index contributed by atoms with van der Waals surface area (Å²) in [6.07, 6.45) is 0.283. The van der Waals surface area contributed by atoms with Gasteiger partial charge in [-0.2, -0.15) is 0 Å². The zero-order valence-electron chi connectivity index (χ0n) is 20.7. The molecule has 4 N–H and O–H groups in total. The van der Waals surface area contributed by atoms with Crippen molar-refractivity contribution in [2.24, 2.45) is 28.6 Å². The van der Waals surface area contributed by atoms with E-state index in [4.69, 9.17) is 14.2 Å². The average Bonchev–Trinajstić information content (AvgIpc) is 3.04. The highest BCUT2D eigenvalue weighted by atomic mass is 16.7. The van der Waals surface area contributed by atoms with Gasteiger partial charge in [0, 0.05) is 12.3 Å². The average molecular weight is 483 g/mol. The fourth-order valence-electron chi connectivity index (χ4n) is 7.42. The third-order valence-corrected chi connectivity index (χ3v) is 9.35. The summed E-state index contributed by atoms with van der Waals surface area (Å²) >= 11 is 0. The van der Waals surface area contributed by atoms with Gasteiger partial charge in [0.15, 0.2) is 6.29 Å². The van der Waals surface area contributed by atoms with Crippen LogP contribution in [0.5, 0.6) is 0 Å². The summed E-state index contributed by atoms with van der Waals surface area (Å²) in [5, 5.41) is 39.3. The molecular weight excluding hydrogens is 440 g/mol. The normalized spacial score (nSPS) is 47.3. The van der Waals surface area contributed by atoms with E-state index in [0.717, 1.165) is 44.9 Å². The van der Waals surface area contributed by atoms with Crippen LogP contribution >= 0.6 is 0 Å². The molecule has 194 valence electrons. The van der Waals surface area contributed by atoms with Crippen LogP contribution in [0.4, 0.5) is 0 Å². The summed E-state index contributed by atoms with van der Waals surface area (Å²) in [4.78, 5) is 12.7. The molecule has 0 aromatic rings. The fourth-order valence-corrected chi connectivity index (χ4v) is 7.42. The first-order chi connectivity index (χ1) is 16.0. The van der Waals surface area contributed by atoms with E-state index in [1.54, 1.807) is 0 Å². The molecule has 11 atom stereocenters. The smallest absolute Gasteiger partial charge is 0.312 e. The van der Waals surface area contributed by atoms with Crippen molar-refractivity contribution >= 4 is 5.97 Å². The van der Waals surface area contributed by atoms with Gasteiger partial charge < -0.3 is 34.6 Å². The lowest BCUT2D eigenvalue weighted by Gasteiger charge is -2.55. The van der Waals surface area contributed by atoms with Gasteiger partial charge in [-0.1, -0.05) is 38.8 Å². The van der Waals surface area contributed by atoms with Crippen LogP contribution < -0.4 is 0 Å². The molecule has 2 aliphatic heterocycles. The Bertz CT molecular complexity index is 770. The SMILES string of the molecule is C=C1C[C@@H]2OC(=O)[C@@]3(C)CCC[C@@](C)([C@@H]23)[C@H]1CC[C@H](C)CCO[C@@H]1O[C@H](CO)[C@@H](O)[C@H](O)[C@H]1O. The number of carbonyl (C=O) groups is 1. The molecular formula is C26H42O8. The Kier molecular flexibility index (Phi) is 7.50. The third kappa shape index (κ3) is 4.35. The van der Waals surface area contributed by atoms with Crippen LogP contribution in [0, 0.1) is 28.6 Å². The monoisotopic (exact) mass is 482 g/mol. The van der Waals surface area contributed by atoms with Gasteiger partial charge in [0.05, 0.1) is 18.6 Å². The van der Waals surface area contributed by atoms with Crippen molar-refractivity contribution in [1.29, 1.82) is 0 Å². The van der Waals surface area contributed by atoms with Crippen molar-refractivity contribution < 1.29 is 39.4 Å². The van der Waals surface area contributed by atoms with Gasteiger partial charge in [-0.05, 0) is 49.9 Å². The first-order valence-electron chi connectivity index (χ1n) is 12.8. The van der Waals surface area contributed by atoms with Crippen molar-refractivity contribution in [3.8, 4) is 0 Å². The minimum Gasteiger partial charge on any atom is -0.461 e. The summed E-state index contributed by atoms with van der Waals surface area (Å²) in [5.74, 6) is 0.939. The Morgan fingerprint density at radius 1 is 1.15 bits per heavy atom. The highest BCUT2D eigenvalue weighted by Gasteiger charge is 2.66. The zero-order valence-corrected chi connectivity index (χ0v) is 20.7. The van der Waals surface area contributed by atoms with Gasteiger partial charge in [-0.3, -0.25) is 4.79 Å². The number of hydrogen-bond donors (Lipinski definition) is 4. The van der Waals surface area contributed by atoms with Crippen LogP contribution in [0.25, 0.3) is 0 Å². The van der Waals surface area contributed by atoms with Gasteiger partial charge in [-0.25, -0.2) is 0 Å². The van der Waals surface area contributed by atoms with Gasteiger partial charge in [0.1, 0.15) is 30.5 Å². The van der Waals surface area contributed by atoms with E-state index in [2.05, 4.69) is 27.4 Å². The highest BCUT2D eigenvalue weighted by Crippen LogP contribution is 2.65. The maximum absolute atomic E-state index is 12.7. The molecule has 0 bridgehead atoms. The molecule has 8 nitrogen and oxygen atoms in total. The molecule has 0 aromatic carbocycles. The second-order valence-corrected chi connectivity index (χ2v) is 11.7. The number of esters is 1. The van der Waals surface area contributed by atoms with Crippen LogP contribution in [-0.4, -0.2) is 76.4 Å². The number of ether oxygens (including phenoxy) is 3. The van der Waals surface area contributed by atoms with Crippen LogP contribution in [-0.2, 0) is 19.0 Å². The molecule has 0 aromatic heterocycles. The maximum Gasteiger partial charge on any atom is 0.312 e. The van der Waals surface area contributed by atoms with E-state index in [9.17, 15) is 25.2 Å². The molecule has 2 saturated heterocycles. The Hall–Kier alpha value is -1.03. The number of rotatable bonds is 8. The van der Waals surface area contributed by atoms with E-state index < -0.39 is 37.3 Å². The maximum atomic E-state index is 12.7. The molecule has 2 heterocycles. The molecule has 0 radical (unpaired) electrons. The summed E-state index contributed by atoms with van der Waals surface area (Å²) in [5.41, 5.74) is 0.847. The molecule has 4 rings (SSSR count). The molecule has 2 aliphatic carbocycles. The predicted molar refractivity (Wildman–Crippen MR) is 123 cm³/mol. The van der Waals surface area contributed by atoms with E-state index >= 15 is 0 Å². The second-order valence-electron chi connectivity index (χ2n) is 11.7. The first kappa shape index (κ1) is 26.0. The van der Waals surface area contributed by atoms with Crippen LogP contribution in [0.15, 0.2) is 12.2 Å². The molecule has 4 fully saturated rings. The van der Waals surface area contributed by atoms with Gasteiger partial charge in [-0.15, -0.1) is 0 Å². The first-order valence-corrected chi connectivity index (χ1v) is 12.8. The van der Waals surface area contributed by atoms with Crippen molar-refractivity contribution in [3.63, 3.8) is 0 Å². The molecule has 0 amide bonds. The molecule has 34 heavy (non-hydrogen) atoms. The van der Waals surface area contributed by atoms with Crippen molar-refractivity contribution in [2.45, 2.75) is 103 Å². The third-order valence-electron chi connectivity index (χ3n) is 9.35. The Balaban J connectivity index is 1.30. The van der Waals surface area contributed by atoms with E-state index in [1.807, 2.05) is 0 Å².